The maximum Gasteiger partial charge on any atom is 0.0870 e. The molecule has 54 valence electrons. The van der Waals surface area contributed by atoms with Gasteiger partial charge in [0.05, 0.1) is 11.7 Å². The van der Waals surface area contributed by atoms with Crippen LogP contribution in [0.15, 0.2) is 31.1 Å². The lowest BCUT2D eigenvalue weighted by Crippen LogP contribution is -1.85. The number of nitrogens with zero attached hydrogens (tertiary/aromatic N) is 3. The standard InChI is InChI=1S/C8H7N3/c1-2-7-3-4-11-8(5-7)6-9-10-11/h2-6H,1H2. The molecule has 0 spiro atoms. The third-order valence-electron chi connectivity index (χ3n) is 1.56. The Kier molecular flexibility index (Phi) is 1.22. The van der Waals surface area contributed by atoms with E-state index in [2.05, 4.69) is 16.9 Å². The molecule has 0 bridgehead atoms. The highest BCUT2D eigenvalue weighted by Gasteiger charge is 1.92. The van der Waals surface area contributed by atoms with Crippen molar-refractivity contribution in [1.29, 1.82) is 0 Å². The Balaban J connectivity index is 2.76. The molecular formula is C8H7N3. The summed E-state index contributed by atoms with van der Waals surface area (Å²) in [5, 5.41) is 7.58. The van der Waals surface area contributed by atoms with Gasteiger partial charge in [-0.1, -0.05) is 17.9 Å². The van der Waals surface area contributed by atoms with Gasteiger partial charge in [0.2, 0.25) is 0 Å². The van der Waals surface area contributed by atoms with Crippen LogP contribution in [0.4, 0.5) is 0 Å². The molecule has 3 nitrogen and oxygen atoms in total. The van der Waals surface area contributed by atoms with Crippen LogP contribution >= 0.6 is 0 Å². The summed E-state index contributed by atoms with van der Waals surface area (Å²) < 4.78 is 1.72. The van der Waals surface area contributed by atoms with E-state index in [-0.39, 0.29) is 0 Å². The molecule has 0 saturated carbocycles. The van der Waals surface area contributed by atoms with Crippen molar-refractivity contribution in [3.8, 4) is 0 Å². The molecule has 0 atom stereocenters. The van der Waals surface area contributed by atoms with Crippen LogP contribution in [0, 0.1) is 0 Å². The van der Waals surface area contributed by atoms with Crippen LogP contribution in [0.2, 0.25) is 0 Å². The van der Waals surface area contributed by atoms with Gasteiger partial charge in [-0.15, -0.1) is 5.10 Å². The molecule has 0 fully saturated rings. The van der Waals surface area contributed by atoms with Crippen molar-refractivity contribution in [2.24, 2.45) is 0 Å². The molecule has 0 radical (unpaired) electrons. The van der Waals surface area contributed by atoms with Gasteiger partial charge in [0.25, 0.3) is 0 Å². The van der Waals surface area contributed by atoms with Crippen molar-refractivity contribution in [3.05, 3.63) is 36.7 Å². The minimum atomic E-state index is 0.988. The second-order valence-corrected chi connectivity index (χ2v) is 2.27. The monoisotopic (exact) mass is 145 g/mol. The summed E-state index contributed by atoms with van der Waals surface area (Å²) in [5.74, 6) is 0. The van der Waals surface area contributed by atoms with Crippen LogP contribution in [0.5, 0.6) is 0 Å². The maximum atomic E-state index is 3.83. The molecule has 0 aliphatic heterocycles. The van der Waals surface area contributed by atoms with E-state index in [0.29, 0.717) is 0 Å². The SMILES string of the molecule is C=Cc1ccn2nncc2c1. The van der Waals surface area contributed by atoms with E-state index in [1.165, 1.54) is 0 Å². The van der Waals surface area contributed by atoms with Crippen molar-refractivity contribution in [1.82, 2.24) is 14.8 Å². The van der Waals surface area contributed by atoms with Gasteiger partial charge in [-0.2, -0.15) is 0 Å². The Bertz CT molecular complexity index is 389. The van der Waals surface area contributed by atoms with E-state index in [9.17, 15) is 0 Å². The smallest absolute Gasteiger partial charge is 0.0870 e. The van der Waals surface area contributed by atoms with E-state index in [1.807, 2.05) is 18.3 Å². The highest BCUT2D eigenvalue weighted by atomic mass is 15.4. The maximum absolute atomic E-state index is 3.83. The largest absolute Gasteiger partial charge is 0.221 e. The third-order valence-corrected chi connectivity index (χ3v) is 1.56. The molecule has 2 heterocycles. The fraction of sp³-hybridized carbons (Fsp3) is 0. The Morgan fingerprint density at radius 1 is 1.55 bits per heavy atom. The van der Waals surface area contributed by atoms with Gasteiger partial charge in [0, 0.05) is 6.20 Å². The molecule has 3 heteroatoms. The fourth-order valence-corrected chi connectivity index (χ4v) is 0.973. The predicted molar refractivity (Wildman–Crippen MR) is 43.1 cm³/mol. The van der Waals surface area contributed by atoms with E-state index in [1.54, 1.807) is 16.8 Å². The van der Waals surface area contributed by atoms with Gasteiger partial charge < -0.3 is 0 Å². The number of rotatable bonds is 1. The first-order chi connectivity index (χ1) is 5.40. The fourth-order valence-electron chi connectivity index (χ4n) is 0.973. The Labute approximate surface area is 64.0 Å². The molecule has 0 aromatic carbocycles. The molecule has 2 aromatic rings. The number of hydrogen-bond acceptors (Lipinski definition) is 2. The summed E-state index contributed by atoms with van der Waals surface area (Å²) in [4.78, 5) is 0. The molecule has 0 amide bonds. The minimum Gasteiger partial charge on any atom is -0.221 e. The van der Waals surface area contributed by atoms with Gasteiger partial charge in [0.1, 0.15) is 0 Å². The number of pyridine rings is 1. The second-order valence-electron chi connectivity index (χ2n) is 2.27. The normalized spacial score (nSPS) is 10.2. The van der Waals surface area contributed by atoms with Gasteiger partial charge >= 0.3 is 0 Å². The molecule has 0 aliphatic rings. The number of hydrogen-bond donors (Lipinski definition) is 0. The van der Waals surface area contributed by atoms with Crippen LogP contribution < -0.4 is 0 Å². The molecule has 11 heavy (non-hydrogen) atoms. The lowest BCUT2D eigenvalue weighted by molar-refractivity contribution is 0.855. The van der Waals surface area contributed by atoms with E-state index >= 15 is 0 Å². The Hall–Kier alpha value is -1.64. The lowest BCUT2D eigenvalue weighted by atomic mass is 10.2. The Morgan fingerprint density at radius 2 is 2.45 bits per heavy atom. The summed E-state index contributed by atoms with van der Waals surface area (Å²) >= 11 is 0. The van der Waals surface area contributed by atoms with Crippen molar-refractivity contribution in [3.63, 3.8) is 0 Å². The number of fused-ring (bicyclic) bond motifs is 1. The van der Waals surface area contributed by atoms with Crippen LogP contribution in [0.25, 0.3) is 11.6 Å². The van der Waals surface area contributed by atoms with Crippen molar-refractivity contribution in [2.75, 3.05) is 0 Å². The first-order valence-corrected chi connectivity index (χ1v) is 3.32. The third kappa shape index (κ3) is 0.902. The zero-order valence-corrected chi connectivity index (χ0v) is 5.94. The van der Waals surface area contributed by atoms with Crippen LogP contribution in [0.1, 0.15) is 5.56 Å². The zero-order valence-electron chi connectivity index (χ0n) is 5.94. The highest BCUT2D eigenvalue weighted by molar-refractivity contribution is 5.55. The second kappa shape index (κ2) is 2.20. The highest BCUT2D eigenvalue weighted by Crippen LogP contribution is 2.05. The van der Waals surface area contributed by atoms with Crippen LogP contribution in [0.3, 0.4) is 0 Å². The van der Waals surface area contributed by atoms with Gasteiger partial charge in [-0.25, -0.2) is 4.52 Å². The molecule has 0 N–H and O–H groups in total. The van der Waals surface area contributed by atoms with Crippen molar-refractivity contribution in [2.45, 2.75) is 0 Å². The summed E-state index contributed by atoms with van der Waals surface area (Å²) in [6.45, 7) is 3.67. The van der Waals surface area contributed by atoms with Crippen molar-refractivity contribution < 1.29 is 0 Å². The summed E-state index contributed by atoms with van der Waals surface area (Å²) in [6.07, 6.45) is 5.37. The van der Waals surface area contributed by atoms with E-state index in [4.69, 9.17) is 0 Å². The molecule has 0 saturated heterocycles. The van der Waals surface area contributed by atoms with E-state index in [0.717, 1.165) is 11.1 Å². The summed E-state index contributed by atoms with van der Waals surface area (Å²) in [5.41, 5.74) is 2.07. The molecule has 2 aromatic heterocycles. The lowest BCUT2D eigenvalue weighted by Gasteiger charge is -1.92. The predicted octanol–water partition coefficient (Wildman–Crippen LogP) is 1.37. The number of aromatic nitrogens is 3. The zero-order chi connectivity index (χ0) is 7.68. The summed E-state index contributed by atoms with van der Waals surface area (Å²) in [6, 6.07) is 3.92. The average Bonchev–Trinajstić information content (AvgIpc) is 2.50. The first-order valence-electron chi connectivity index (χ1n) is 3.32. The quantitative estimate of drug-likeness (QED) is 0.606. The van der Waals surface area contributed by atoms with E-state index < -0.39 is 0 Å². The van der Waals surface area contributed by atoms with Gasteiger partial charge in [-0.05, 0) is 17.7 Å². The topological polar surface area (TPSA) is 30.2 Å². The van der Waals surface area contributed by atoms with Crippen molar-refractivity contribution >= 4 is 11.6 Å². The molecular weight excluding hydrogens is 138 g/mol. The molecule has 0 unspecified atom stereocenters. The van der Waals surface area contributed by atoms with Crippen LogP contribution in [-0.2, 0) is 0 Å². The molecule has 0 aliphatic carbocycles. The summed E-state index contributed by atoms with van der Waals surface area (Å²) in [7, 11) is 0. The van der Waals surface area contributed by atoms with Gasteiger partial charge in [-0.3, -0.25) is 0 Å². The Morgan fingerprint density at radius 3 is 3.27 bits per heavy atom. The van der Waals surface area contributed by atoms with Gasteiger partial charge in [0.15, 0.2) is 0 Å². The average molecular weight is 145 g/mol. The van der Waals surface area contributed by atoms with Crippen LogP contribution in [-0.4, -0.2) is 14.8 Å². The first kappa shape index (κ1) is 6.09. The molecule has 2 rings (SSSR count). The minimum absolute atomic E-state index is 0.988.